The standard InChI is InChI=1S/C72H78B2F6GeN6O6/c1-44(2)69(88)82-30-14-32-86(40-49-34-51(71(75,76)77)21-28-64(49)73(90)91)42-62-55-16-12-13-17-56(55)63(43-87(33-15-31-83-70(89)45(3)4)41-50-35-52(72(78,79)80)22-29-65(50)74(92)93)61-37-48(20-25-57(61)62)47-19-18-46(5)60(36-47)68-58-26-23-53(84(8)9)38-66(58)81(6,7)67-39-54(85(10)11)24-27-59(67)68/h12-13,16-29,34-39,90-93H,1,3,14-15,30-33,40-43H2,2,4-11H3,(H-,82,83,88,89)/p+1. The second-order valence-electron chi connectivity index (χ2n) is 25.3. The second-order valence-corrected chi connectivity index (χ2v) is 34.4. The Morgan fingerprint density at radius 3 is 1.58 bits per heavy atom. The van der Waals surface area contributed by atoms with Crippen molar-refractivity contribution in [3.05, 3.63) is 218 Å². The van der Waals surface area contributed by atoms with Crippen LogP contribution in [0.5, 0.6) is 0 Å². The first kappa shape index (κ1) is 69.5. The number of carbonyl (C=O) groups is 2. The summed E-state index contributed by atoms with van der Waals surface area (Å²) in [4.78, 5) is 31.4. The van der Waals surface area contributed by atoms with Gasteiger partial charge in [-0.3, -0.25) is 14.5 Å². The summed E-state index contributed by atoms with van der Waals surface area (Å²) < 4.78 is 91.9. The molecule has 1 aliphatic heterocycles. The van der Waals surface area contributed by atoms with Crippen molar-refractivity contribution in [1.29, 1.82) is 0 Å². The van der Waals surface area contributed by atoms with E-state index in [4.69, 9.17) is 0 Å². The number of alkyl halides is 6. The van der Waals surface area contributed by atoms with Crippen LogP contribution in [-0.4, -0.2) is 134 Å². The number of anilines is 1. The fourth-order valence-electron chi connectivity index (χ4n) is 12.6. The van der Waals surface area contributed by atoms with E-state index in [2.05, 4.69) is 112 Å². The second kappa shape index (κ2) is 28.4. The van der Waals surface area contributed by atoms with Gasteiger partial charge in [-0.2, -0.15) is 26.3 Å². The summed E-state index contributed by atoms with van der Waals surface area (Å²) >= 11 is -3.02. The van der Waals surface area contributed by atoms with Crippen LogP contribution in [-0.2, 0) is 48.1 Å². The molecule has 9 rings (SSSR count). The maximum absolute atomic E-state index is 14.5. The number of nitrogens with one attached hydrogen (secondary N) is 2. The molecule has 0 unspecified atom stereocenters. The SMILES string of the molecule is C=C(C)C(=O)NCCCN(Cc1cc(C(F)(F)F)ccc1B(O)O)Cc1c2ccccc2c(CN(CCCNC(=O)C(=C)C)Cc2cc(C(F)(F)F)ccc2B(O)O)c2cc(-c3ccc(C)c(C4=C5C=CC(=[N+](C)C)C=[C]5[Ge]([CH3])([CH3])[c]5cc(N(C)C)ccc54)c3)ccc12. The van der Waals surface area contributed by atoms with Crippen LogP contribution in [0.1, 0.15) is 76.8 Å². The third-order valence-electron chi connectivity index (χ3n) is 17.7. The Kier molecular flexibility index (Phi) is 21.2. The average molecular weight is 1330 g/mol. The van der Waals surface area contributed by atoms with Crippen molar-refractivity contribution in [2.45, 2.75) is 83.7 Å². The van der Waals surface area contributed by atoms with E-state index in [1.54, 1.807) is 13.8 Å². The summed E-state index contributed by atoms with van der Waals surface area (Å²) in [5.74, 6) is 4.16. The van der Waals surface area contributed by atoms with Crippen molar-refractivity contribution in [2.24, 2.45) is 0 Å². The van der Waals surface area contributed by atoms with Gasteiger partial charge in [-0.1, -0.05) is 55.6 Å². The Hall–Kier alpha value is -7.82. The first-order valence-electron chi connectivity index (χ1n) is 30.9. The van der Waals surface area contributed by atoms with E-state index < -0.39 is 51.0 Å². The minimum absolute atomic E-state index is 0.0205. The average Bonchev–Trinajstić information content (AvgIpc) is 0.725. The predicted octanol–water partition coefficient (Wildman–Crippen LogP) is 10.1. The molecule has 484 valence electrons. The molecule has 1 aliphatic carbocycles. The molecule has 1 heterocycles. The van der Waals surface area contributed by atoms with E-state index in [1.165, 1.54) is 19.9 Å². The van der Waals surface area contributed by atoms with Crippen molar-refractivity contribution in [2.75, 3.05) is 59.3 Å². The zero-order valence-electron chi connectivity index (χ0n) is 54.0. The Morgan fingerprint density at radius 2 is 1.10 bits per heavy atom. The molecule has 2 amide bonds. The predicted molar refractivity (Wildman–Crippen MR) is 366 cm³/mol. The van der Waals surface area contributed by atoms with Crippen LogP contribution in [0, 0.1) is 6.92 Å². The van der Waals surface area contributed by atoms with Crippen LogP contribution in [0.4, 0.5) is 32.0 Å². The molecule has 12 nitrogen and oxygen atoms in total. The zero-order chi connectivity index (χ0) is 67.6. The molecule has 2 aliphatic rings. The molecule has 0 fully saturated rings. The number of aryl methyl sites for hydroxylation is 1. The van der Waals surface area contributed by atoms with Crippen molar-refractivity contribution >= 4 is 93.2 Å². The third-order valence-corrected chi connectivity index (χ3v) is 25.1. The Bertz CT molecular complexity index is 4230. The molecule has 7 aromatic rings. The maximum atomic E-state index is 14.5. The molecular weight excluding hydrogens is 1250 g/mol. The topological polar surface area (TPSA) is 152 Å². The Balaban J connectivity index is 1.28. The molecule has 6 N–H and O–H groups in total. The Labute approximate surface area is 543 Å². The number of nitrogens with zero attached hydrogens (tertiary/aromatic N) is 4. The number of rotatable bonds is 23. The zero-order valence-corrected chi connectivity index (χ0v) is 56.1. The summed E-state index contributed by atoms with van der Waals surface area (Å²) in [5, 5.41) is 51.1. The minimum atomic E-state index is -4.76. The van der Waals surface area contributed by atoms with E-state index >= 15 is 0 Å². The normalized spacial score (nSPS) is 13.7. The summed E-state index contributed by atoms with van der Waals surface area (Å²) in [6.45, 7) is 13.3. The van der Waals surface area contributed by atoms with Crippen LogP contribution >= 0.6 is 0 Å². The van der Waals surface area contributed by atoms with Crippen LogP contribution in [0.25, 0.3) is 38.2 Å². The summed E-state index contributed by atoms with van der Waals surface area (Å²) in [7, 11) is 3.97. The summed E-state index contributed by atoms with van der Waals surface area (Å²) in [6, 6.07) is 32.5. The molecule has 7 aromatic carbocycles. The van der Waals surface area contributed by atoms with Gasteiger partial charge in [0.25, 0.3) is 0 Å². The van der Waals surface area contributed by atoms with Gasteiger partial charge >= 0.3 is 285 Å². The number of carbonyl (C=O) groups excluding carboxylic acids is 2. The molecule has 21 heteroatoms. The Morgan fingerprint density at radius 1 is 0.602 bits per heavy atom. The summed E-state index contributed by atoms with van der Waals surface area (Å²) in [5.41, 5.74) is 9.42. The number of benzene rings is 7. The molecule has 0 atom stereocenters. The van der Waals surface area contributed by atoms with Crippen LogP contribution in [0.3, 0.4) is 0 Å². The van der Waals surface area contributed by atoms with E-state index in [-0.39, 0.29) is 97.4 Å². The van der Waals surface area contributed by atoms with Gasteiger partial charge in [-0.25, -0.2) is 0 Å². The molecule has 0 spiro atoms. The van der Waals surface area contributed by atoms with Gasteiger partial charge in [0.15, 0.2) is 0 Å². The third kappa shape index (κ3) is 15.6. The van der Waals surface area contributed by atoms with Gasteiger partial charge in [0.2, 0.25) is 11.8 Å². The van der Waals surface area contributed by atoms with Crippen molar-refractivity contribution in [3.8, 4) is 11.1 Å². The molecule has 0 aromatic heterocycles. The summed E-state index contributed by atoms with van der Waals surface area (Å²) in [6.07, 6.45) is -2.10. The number of amides is 2. The molecule has 0 radical (unpaired) electrons. The van der Waals surface area contributed by atoms with Gasteiger partial charge in [0, 0.05) is 50.4 Å². The number of halogens is 6. The fraction of sp³-hybridized carbons (Fsp3) is 0.292. The number of hydrogen-bond donors (Lipinski definition) is 6. The van der Waals surface area contributed by atoms with Gasteiger partial charge in [0.05, 0.1) is 11.1 Å². The van der Waals surface area contributed by atoms with Crippen molar-refractivity contribution < 1.29 is 60.6 Å². The first-order chi connectivity index (χ1) is 43.8. The van der Waals surface area contributed by atoms with E-state index in [0.29, 0.717) is 12.8 Å². The van der Waals surface area contributed by atoms with Gasteiger partial charge < -0.3 is 30.7 Å². The number of hydrogen-bond acceptors (Lipinski definition) is 9. The van der Waals surface area contributed by atoms with Crippen LogP contribution in [0.2, 0.25) is 11.5 Å². The molecular formula is C72H79B2F6GeN6O6+. The van der Waals surface area contributed by atoms with E-state index in [9.17, 15) is 56.0 Å². The van der Waals surface area contributed by atoms with Crippen LogP contribution < -0.4 is 30.9 Å². The van der Waals surface area contributed by atoms with Gasteiger partial charge in [-0.05, 0) is 60.9 Å². The molecule has 0 bridgehead atoms. The number of fused-ring (bicyclic) bond motifs is 4. The van der Waals surface area contributed by atoms with E-state index in [0.717, 1.165) is 108 Å². The van der Waals surface area contributed by atoms with Crippen molar-refractivity contribution in [3.63, 3.8) is 0 Å². The molecule has 0 saturated heterocycles. The molecule has 93 heavy (non-hydrogen) atoms. The van der Waals surface area contributed by atoms with Crippen molar-refractivity contribution in [1.82, 2.24) is 20.4 Å². The molecule has 0 saturated carbocycles. The van der Waals surface area contributed by atoms with Gasteiger partial charge in [0.1, 0.15) is 0 Å². The quantitative estimate of drug-likeness (QED) is 0.00919. The fourth-order valence-corrected chi connectivity index (χ4v) is 19.1. The van der Waals surface area contributed by atoms with Gasteiger partial charge in [-0.15, -0.1) is 0 Å². The van der Waals surface area contributed by atoms with E-state index in [1.807, 2.05) is 74.4 Å². The first-order valence-corrected chi connectivity index (χ1v) is 37.2. The monoisotopic (exact) mass is 1330 g/mol. The number of allylic oxidation sites excluding steroid dienone is 5. The van der Waals surface area contributed by atoms with Crippen LogP contribution in [0.15, 0.2) is 168 Å².